The average molecular weight is 488 g/mol. The summed E-state index contributed by atoms with van der Waals surface area (Å²) >= 11 is 0. The van der Waals surface area contributed by atoms with Gasteiger partial charge in [-0.2, -0.15) is 0 Å². The molecule has 0 radical (unpaired) electrons. The van der Waals surface area contributed by atoms with Crippen molar-refractivity contribution in [1.29, 1.82) is 0 Å². The Labute approximate surface area is 214 Å². The second-order valence-electron chi connectivity index (χ2n) is 10.7. The van der Waals surface area contributed by atoms with Crippen LogP contribution >= 0.6 is 7.92 Å². The highest BCUT2D eigenvalue weighted by Crippen LogP contribution is 2.55. The molecule has 1 aliphatic rings. The van der Waals surface area contributed by atoms with Gasteiger partial charge in [-0.05, 0) is 137 Å². The van der Waals surface area contributed by atoms with Crippen LogP contribution in [0.25, 0.3) is 0 Å². The second-order valence-corrected chi connectivity index (χ2v) is 13.1. The van der Waals surface area contributed by atoms with Crippen molar-refractivity contribution in [3.8, 4) is 5.75 Å². The molecule has 1 saturated carbocycles. The highest BCUT2D eigenvalue weighted by Gasteiger charge is 2.41. The fraction of sp³-hybridized carbons (Fsp3) is 0.438. The summed E-state index contributed by atoms with van der Waals surface area (Å²) in [6, 6.07) is 21.4. The van der Waals surface area contributed by atoms with E-state index >= 15 is 0 Å². The van der Waals surface area contributed by atoms with Gasteiger partial charge in [0, 0.05) is 6.04 Å². The van der Waals surface area contributed by atoms with Gasteiger partial charge in [0.1, 0.15) is 5.75 Å². The van der Waals surface area contributed by atoms with Crippen LogP contribution in [0.2, 0.25) is 0 Å². The van der Waals surface area contributed by atoms with E-state index in [0.717, 1.165) is 5.75 Å². The second kappa shape index (κ2) is 10.9. The van der Waals surface area contributed by atoms with Gasteiger partial charge in [0.15, 0.2) is 0 Å². The first-order valence-electron chi connectivity index (χ1n) is 13.0. The molecule has 4 atom stereocenters. The maximum absolute atomic E-state index is 5.74. The predicted molar refractivity (Wildman–Crippen MR) is 153 cm³/mol. The zero-order valence-electron chi connectivity index (χ0n) is 22.9. The Morgan fingerprint density at radius 3 is 1.86 bits per heavy atom. The maximum Gasteiger partial charge on any atom is 0.124 e. The molecule has 3 aromatic carbocycles. The number of nitrogens with zero attached hydrogens (tertiary/aromatic N) is 1. The molecule has 186 valence electrons. The number of methoxy groups -OCH3 is 1. The molecule has 0 saturated heterocycles. The lowest BCUT2D eigenvalue weighted by atomic mass is 9.90. The van der Waals surface area contributed by atoms with Gasteiger partial charge in [0.2, 0.25) is 0 Å². The third kappa shape index (κ3) is 5.20. The lowest BCUT2D eigenvalue weighted by Crippen LogP contribution is -2.34. The first-order valence-corrected chi connectivity index (χ1v) is 14.4. The van der Waals surface area contributed by atoms with Gasteiger partial charge in [0.25, 0.3) is 0 Å². The number of aryl methyl sites for hydroxylation is 4. The molecule has 1 fully saturated rings. The minimum absolute atomic E-state index is 0.432. The number of benzene rings is 3. The van der Waals surface area contributed by atoms with Crippen LogP contribution in [0, 0.1) is 40.5 Å². The molecule has 2 nitrogen and oxygen atoms in total. The number of hydrogen-bond acceptors (Lipinski definition) is 2. The Morgan fingerprint density at radius 1 is 0.800 bits per heavy atom. The molecule has 0 heterocycles. The van der Waals surface area contributed by atoms with E-state index in [2.05, 4.69) is 108 Å². The SMILES string of the molecule is COc1c(C)cc(P(c2cc(C)c(C)c(C)c2)C2CCCC2[C@H](c2ccccc2)N(C)C)cc1C. The van der Waals surface area contributed by atoms with Crippen molar-refractivity contribution < 1.29 is 4.74 Å². The van der Waals surface area contributed by atoms with Crippen molar-refractivity contribution in [1.82, 2.24) is 4.90 Å². The van der Waals surface area contributed by atoms with Crippen molar-refractivity contribution in [2.24, 2.45) is 5.92 Å². The van der Waals surface area contributed by atoms with E-state index in [4.69, 9.17) is 4.74 Å². The molecular weight excluding hydrogens is 445 g/mol. The third-order valence-corrected chi connectivity index (χ3v) is 11.0. The lowest BCUT2D eigenvalue weighted by molar-refractivity contribution is 0.217. The molecule has 0 spiro atoms. The summed E-state index contributed by atoms with van der Waals surface area (Å²) in [4.78, 5) is 2.46. The van der Waals surface area contributed by atoms with Crippen molar-refractivity contribution in [2.45, 2.75) is 65.6 Å². The van der Waals surface area contributed by atoms with E-state index < -0.39 is 7.92 Å². The topological polar surface area (TPSA) is 12.5 Å². The summed E-state index contributed by atoms with van der Waals surface area (Å²) in [6.45, 7) is 11.2. The van der Waals surface area contributed by atoms with E-state index in [1.807, 2.05) is 0 Å². The van der Waals surface area contributed by atoms with Gasteiger partial charge < -0.3 is 9.64 Å². The Morgan fingerprint density at radius 2 is 1.34 bits per heavy atom. The molecule has 3 heteroatoms. The molecule has 3 unspecified atom stereocenters. The standard InChI is InChI=1S/C32H42NOP/c1-21-17-27(18-22(2)25(21)5)35(28-19-23(3)32(34-8)24(4)20-28)30-16-12-15-29(30)31(33(6)7)26-13-10-9-11-14-26/h9-11,13-14,17-20,29-31H,12,15-16H2,1-8H3/t29?,30?,31-,35?/m0/s1. The van der Waals surface area contributed by atoms with Gasteiger partial charge in [-0.25, -0.2) is 0 Å². The molecule has 0 bridgehead atoms. The van der Waals surface area contributed by atoms with E-state index in [0.29, 0.717) is 17.6 Å². The van der Waals surface area contributed by atoms with Crippen molar-refractivity contribution in [2.75, 3.05) is 21.2 Å². The van der Waals surface area contributed by atoms with Gasteiger partial charge in [-0.15, -0.1) is 0 Å². The molecule has 1 aliphatic carbocycles. The first-order chi connectivity index (χ1) is 16.7. The normalized spacial score (nSPS) is 19.7. The molecule has 0 N–H and O–H groups in total. The number of hydrogen-bond donors (Lipinski definition) is 0. The van der Waals surface area contributed by atoms with E-state index in [9.17, 15) is 0 Å². The molecule has 0 aromatic heterocycles. The molecule has 4 rings (SSSR count). The lowest BCUT2D eigenvalue weighted by Gasteiger charge is -2.38. The molecule has 35 heavy (non-hydrogen) atoms. The van der Waals surface area contributed by atoms with Gasteiger partial charge in [0.05, 0.1) is 7.11 Å². The summed E-state index contributed by atoms with van der Waals surface area (Å²) < 4.78 is 5.74. The minimum Gasteiger partial charge on any atom is -0.496 e. The molecular formula is C32H42NOP. The van der Waals surface area contributed by atoms with Crippen LogP contribution in [-0.2, 0) is 0 Å². The molecule has 0 aliphatic heterocycles. The van der Waals surface area contributed by atoms with Crippen LogP contribution in [-0.4, -0.2) is 31.8 Å². The van der Waals surface area contributed by atoms with Gasteiger partial charge in [-0.1, -0.05) is 48.9 Å². The summed E-state index contributed by atoms with van der Waals surface area (Å²) in [7, 11) is 5.80. The Balaban J connectivity index is 1.88. The first kappa shape index (κ1) is 25.9. The average Bonchev–Trinajstić information content (AvgIpc) is 3.26. The summed E-state index contributed by atoms with van der Waals surface area (Å²) in [5.41, 5.74) is 8.83. The van der Waals surface area contributed by atoms with Gasteiger partial charge in [-0.3, -0.25) is 0 Å². The van der Waals surface area contributed by atoms with Crippen LogP contribution in [0.4, 0.5) is 0 Å². The Hall–Kier alpha value is -2.15. The zero-order valence-corrected chi connectivity index (χ0v) is 23.7. The third-order valence-electron chi connectivity index (χ3n) is 8.08. The van der Waals surface area contributed by atoms with Crippen molar-refractivity contribution in [3.05, 3.63) is 88.0 Å². The Bertz CT molecular complexity index is 1120. The highest BCUT2D eigenvalue weighted by molar-refractivity contribution is 7.73. The van der Waals surface area contributed by atoms with Crippen molar-refractivity contribution >= 4 is 18.5 Å². The predicted octanol–water partition coefficient (Wildman–Crippen LogP) is 7.14. The van der Waals surface area contributed by atoms with Crippen LogP contribution in [0.15, 0.2) is 54.6 Å². The molecule has 0 amide bonds. The quantitative estimate of drug-likeness (QED) is 0.328. The van der Waals surface area contributed by atoms with Crippen LogP contribution in [0.3, 0.4) is 0 Å². The summed E-state index contributed by atoms with van der Waals surface area (Å²) in [5, 5.41) is 3.04. The maximum atomic E-state index is 5.74. The van der Waals surface area contributed by atoms with Gasteiger partial charge >= 0.3 is 0 Å². The summed E-state index contributed by atoms with van der Waals surface area (Å²) in [6.07, 6.45) is 3.89. The van der Waals surface area contributed by atoms with Crippen LogP contribution < -0.4 is 15.3 Å². The van der Waals surface area contributed by atoms with Crippen molar-refractivity contribution in [3.63, 3.8) is 0 Å². The minimum atomic E-state index is -0.516. The number of ether oxygens (including phenoxy) is 1. The van der Waals surface area contributed by atoms with E-state index in [-0.39, 0.29) is 0 Å². The smallest absolute Gasteiger partial charge is 0.124 e. The van der Waals surface area contributed by atoms with E-state index in [1.165, 1.54) is 63.3 Å². The zero-order chi connectivity index (χ0) is 25.3. The van der Waals surface area contributed by atoms with Crippen LogP contribution in [0.5, 0.6) is 5.75 Å². The van der Waals surface area contributed by atoms with Crippen LogP contribution in [0.1, 0.15) is 58.7 Å². The monoisotopic (exact) mass is 487 g/mol. The fourth-order valence-electron chi connectivity index (χ4n) is 6.31. The van der Waals surface area contributed by atoms with E-state index in [1.54, 1.807) is 7.11 Å². The Kier molecular flexibility index (Phi) is 8.04. The largest absolute Gasteiger partial charge is 0.496 e. The summed E-state index contributed by atoms with van der Waals surface area (Å²) in [5.74, 6) is 1.65. The molecule has 3 aromatic rings. The fourth-order valence-corrected chi connectivity index (χ4v) is 9.84. The number of rotatable bonds is 7. The highest BCUT2D eigenvalue weighted by atomic mass is 31.1.